The third-order valence-corrected chi connectivity index (χ3v) is 7.02. The molecule has 0 radical (unpaired) electrons. The molecule has 4 rings (SSSR count). The van der Waals surface area contributed by atoms with Crippen LogP contribution < -0.4 is 0 Å². The lowest BCUT2D eigenvalue weighted by molar-refractivity contribution is -0.136. The molecule has 3 aliphatic rings. The molecule has 2 amide bonds. The zero-order valence-electron chi connectivity index (χ0n) is 16.7. The summed E-state index contributed by atoms with van der Waals surface area (Å²) in [6.45, 7) is 7.53. The maximum atomic E-state index is 12.8. The third-order valence-electron chi connectivity index (χ3n) is 7.02. The molecular weight excluding hydrogens is 336 g/mol. The van der Waals surface area contributed by atoms with Crippen LogP contribution in [0.5, 0.6) is 0 Å². The molecule has 146 valence electrons. The first-order valence-corrected chi connectivity index (χ1v) is 10.7. The van der Waals surface area contributed by atoms with E-state index >= 15 is 0 Å². The van der Waals surface area contributed by atoms with Gasteiger partial charge in [0.05, 0.1) is 0 Å². The number of piperidine rings is 1. The van der Waals surface area contributed by atoms with Gasteiger partial charge >= 0.3 is 0 Å². The summed E-state index contributed by atoms with van der Waals surface area (Å²) < 4.78 is 0. The summed E-state index contributed by atoms with van der Waals surface area (Å²) in [5.74, 6) is 1.01. The van der Waals surface area contributed by atoms with Crippen LogP contribution in [0.25, 0.3) is 0 Å². The van der Waals surface area contributed by atoms with Gasteiger partial charge in [-0.2, -0.15) is 0 Å². The molecule has 4 nitrogen and oxygen atoms in total. The molecule has 27 heavy (non-hydrogen) atoms. The van der Waals surface area contributed by atoms with Crippen LogP contribution >= 0.6 is 0 Å². The van der Waals surface area contributed by atoms with Gasteiger partial charge in [0.2, 0.25) is 11.8 Å². The Morgan fingerprint density at radius 3 is 2.37 bits per heavy atom. The number of benzene rings is 1. The minimum atomic E-state index is 0.0701. The Balaban J connectivity index is 1.50. The average molecular weight is 369 g/mol. The van der Waals surface area contributed by atoms with E-state index in [0.717, 1.165) is 58.3 Å². The van der Waals surface area contributed by atoms with E-state index in [4.69, 9.17) is 0 Å². The number of fused-ring (bicyclic) bond motifs is 2. The van der Waals surface area contributed by atoms with Crippen molar-refractivity contribution in [1.82, 2.24) is 9.80 Å². The fourth-order valence-electron chi connectivity index (χ4n) is 5.51. The molecule has 0 bridgehead atoms. The van der Waals surface area contributed by atoms with Gasteiger partial charge in [-0.15, -0.1) is 0 Å². The maximum absolute atomic E-state index is 12.8. The molecule has 2 heterocycles. The van der Waals surface area contributed by atoms with Gasteiger partial charge in [-0.3, -0.25) is 9.59 Å². The second-order valence-corrected chi connectivity index (χ2v) is 9.04. The Bertz CT molecular complexity index is 713. The van der Waals surface area contributed by atoms with Gasteiger partial charge in [-0.1, -0.05) is 38.1 Å². The van der Waals surface area contributed by atoms with Crippen LogP contribution in [0.1, 0.15) is 69.4 Å². The topological polar surface area (TPSA) is 40.6 Å². The zero-order valence-corrected chi connectivity index (χ0v) is 16.7. The van der Waals surface area contributed by atoms with Gasteiger partial charge in [-0.05, 0) is 54.6 Å². The van der Waals surface area contributed by atoms with Gasteiger partial charge < -0.3 is 9.80 Å². The molecule has 1 spiro atoms. The van der Waals surface area contributed by atoms with Crippen LogP contribution in [-0.4, -0.2) is 47.8 Å². The van der Waals surface area contributed by atoms with Gasteiger partial charge in [-0.25, -0.2) is 0 Å². The van der Waals surface area contributed by atoms with Crippen molar-refractivity contribution in [1.29, 1.82) is 0 Å². The Labute approximate surface area is 162 Å². The van der Waals surface area contributed by atoms with E-state index in [1.165, 1.54) is 11.1 Å². The highest BCUT2D eigenvalue weighted by Gasteiger charge is 2.46. The van der Waals surface area contributed by atoms with Crippen LogP contribution in [0.15, 0.2) is 24.3 Å². The number of likely N-dealkylation sites (tertiary alicyclic amines) is 2. The van der Waals surface area contributed by atoms with Crippen LogP contribution in [0.4, 0.5) is 0 Å². The van der Waals surface area contributed by atoms with Gasteiger partial charge in [0, 0.05) is 38.5 Å². The van der Waals surface area contributed by atoms with Gasteiger partial charge in [0.1, 0.15) is 0 Å². The summed E-state index contributed by atoms with van der Waals surface area (Å²) in [6.07, 6.45) is 6.06. The minimum absolute atomic E-state index is 0.0701. The van der Waals surface area contributed by atoms with Crippen molar-refractivity contribution in [3.05, 3.63) is 35.4 Å². The standard InChI is InChI=1S/C23H32N2O2/c1-17(2)22(27)25-13-9-23(10-14-25)16-18(19-7-3-4-8-20(19)23)15-21(26)24-11-5-6-12-24/h3-4,7-8,17-18H,5-6,9-16H2,1-2H3. The molecule has 0 saturated carbocycles. The van der Waals surface area contributed by atoms with Crippen molar-refractivity contribution in [3.8, 4) is 0 Å². The van der Waals surface area contributed by atoms with Crippen molar-refractivity contribution in [3.63, 3.8) is 0 Å². The highest BCUT2D eigenvalue weighted by molar-refractivity contribution is 5.79. The third kappa shape index (κ3) is 3.39. The lowest BCUT2D eigenvalue weighted by atomic mass is 9.73. The van der Waals surface area contributed by atoms with Crippen LogP contribution in [0.2, 0.25) is 0 Å². The summed E-state index contributed by atoms with van der Waals surface area (Å²) in [4.78, 5) is 29.2. The molecule has 2 fully saturated rings. The number of amides is 2. The largest absolute Gasteiger partial charge is 0.343 e. The summed E-state index contributed by atoms with van der Waals surface area (Å²) in [6, 6.07) is 8.76. The van der Waals surface area contributed by atoms with Crippen LogP contribution in [-0.2, 0) is 15.0 Å². The van der Waals surface area contributed by atoms with Crippen molar-refractivity contribution in [2.24, 2.45) is 5.92 Å². The smallest absolute Gasteiger partial charge is 0.225 e. The Morgan fingerprint density at radius 2 is 1.70 bits per heavy atom. The molecule has 4 heteroatoms. The minimum Gasteiger partial charge on any atom is -0.343 e. The van der Waals surface area contributed by atoms with E-state index in [1.807, 2.05) is 18.7 Å². The monoisotopic (exact) mass is 368 g/mol. The average Bonchev–Trinajstić information content (AvgIpc) is 3.30. The molecule has 1 aliphatic carbocycles. The van der Waals surface area contributed by atoms with E-state index in [9.17, 15) is 9.59 Å². The predicted octanol–water partition coefficient (Wildman–Crippen LogP) is 3.70. The molecular formula is C23H32N2O2. The van der Waals surface area contributed by atoms with Crippen molar-refractivity contribution in [2.45, 2.75) is 63.7 Å². The maximum Gasteiger partial charge on any atom is 0.225 e. The van der Waals surface area contributed by atoms with E-state index in [2.05, 4.69) is 29.2 Å². The summed E-state index contributed by atoms with van der Waals surface area (Å²) in [5.41, 5.74) is 2.98. The summed E-state index contributed by atoms with van der Waals surface area (Å²) in [7, 11) is 0. The molecule has 0 N–H and O–H groups in total. The Hall–Kier alpha value is -1.84. The van der Waals surface area contributed by atoms with E-state index in [0.29, 0.717) is 18.2 Å². The highest BCUT2D eigenvalue weighted by Crippen LogP contribution is 2.52. The zero-order chi connectivity index (χ0) is 19.0. The van der Waals surface area contributed by atoms with Crippen molar-refractivity contribution in [2.75, 3.05) is 26.2 Å². The van der Waals surface area contributed by atoms with Crippen LogP contribution in [0.3, 0.4) is 0 Å². The van der Waals surface area contributed by atoms with Gasteiger partial charge in [0.25, 0.3) is 0 Å². The molecule has 1 aromatic rings. The van der Waals surface area contributed by atoms with E-state index in [-0.39, 0.29) is 17.2 Å². The summed E-state index contributed by atoms with van der Waals surface area (Å²) >= 11 is 0. The number of hydrogen-bond donors (Lipinski definition) is 0. The first-order chi connectivity index (χ1) is 13.0. The van der Waals surface area contributed by atoms with Crippen molar-refractivity contribution >= 4 is 11.8 Å². The number of carbonyl (C=O) groups excluding carboxylic acids is 2. The van der Waals surface area contributed by atoms with Gasteiger partial charge in [0.15, 0.2) is 0 Å². The quantitative estimate of drug-likeness (QED) is 0.816. The van der Waals surface area contributed by atoms with E-state index in [1.54, 1.807) is 0 Å². The molecule has 0 aromatic heterocycles. The Morgan fingerprint density at radius 1 is 1.04 bits per heavy atom. The van der Waals surface area contributed by atoms with Crippen LogP contribution in [0, 0.1) is 5.92 Å². The molecule has 1 unspecified atom stereocenters. The predicted molar refractivity (Wildman–Crippen MR) is 107 cm³/mol. The number of rotatable bonds is 3. The molecule has 2 aliphatic heterocycles. The second-order valence-electron chi connectivity index (χ2n) is 9.04. The lowest BCUT2D eigenvalue weighted by Crippen LogP contribution is -2.45. The second kappa shape index (κ2) is 7.29. The Kier molecular flexibility index (Phi) is 5.00. The number of carbonyl (C=O) groups is 2. The van der Waals surface area contributed by atoms with Crippen molar-refractivity contribution < 1.29 is 9.59 Å². The SMILES string of the molecule is CC(C)C(=O)N1CCC2(CC1)CC(CC(=O)N1CCCC1)c1ccccc12. The molecule has 1 atom stereocenters. The number of hydrogen-bond acceptors (Lipinski definition) is 2. The highest BCUT2D eigenvalue weighted by atomic mass is 16.2. The van der Waals surface area contributed by atoms with E-state index < -0.39 is 0 Å². The molecule has 1 aromatic carbocycles. The first kappa shape index (κ1) is 18.5. The lowest BCUT2D eigenvalue weighted by Gasteiger charge is -2.41. The molecule has 2 saturated heterocycles. The first-order valence-electron chi connectivity index (χ1n) is 10.7. The fraction of sp³-hybridized carbons (Fsp3) is 0.652. The normalized spacial score (nSPS) is 23.9. The summed E-state index contributed by atoms with van der Waals surface area (Å²) in [5, 5.41) is 0. The number of nitrogens with zero attached hydrogens (tertiary/aromatic N) is 2. The fourth-order valence-corrected chi connectivity index (χ4v) is 5.51.